The minimum atomic E-state index is 0.738. The summed E-state index contributed by atoms with van der Waals surface area (Å²) in [6.07, 6.45) is 4.41. The summed E-state index contributed by atoms with van der Waals surface area (Å²) >= 11 is 0. The Morgan fingerprint density at radius 2 is 2.00 bits per heavy atom. The van der Waals surface area contributed by atoms with Crippen molar-refractivity contribution in [1.29, 1.82) is 0 Å². The fourth-order valence-electron chi connectivity index (χ4n) is 2.49. The van der Waals surface area contributed by atoms with Gasteiger partial charge >= 0.3 is 0 Å². The van der Waals surface area contributed by atoms with Crippen LogP contribution in [0, 0.1) is 6.92 Å². The molecule has 0 atom stereocenters. The van der Waals surface area contributed by atoms with Crippen molar-refractivity contribution in [1.82, 2.24) is 9.88 Å². The van der Waals surface area contributed by atoms with E-state index >= 15 is 0 Å². The van der Waals surface area contributed by atoms with Crippen molar-refractivity contribution in [3.8, 4) is 11.5 Å². The number of likely N-dealkylation sites (tertiary alicyclic amines) is 1. The van der Waals surface area contributed by atoms with Crippen LogP contribution in [0.1, 0.15) is 24.1 Å². The SMILES string of the molecule is Cc1ccccc1-c1nc(CN2CCCC2)co1. The second kappa shape index (κ2) is 4.94. The fourth-order valence-corrected chi connectivity index (χ4v) is 2.49. The summed E-state index contributed by atoms with van der Waals surface area (Å²) in [4.78, 5) is 7.03. The molecule has 1 aromatic heterocycles. The maximum Gasteiger partial charge on any atom is 0.226 e. The minimum absolute atomic E-state index is 0.738. The van der Waals surface area contributed by atoms with Crippen molar-refractivity contribution in [3.05, 3.63) is 41.8 Å². The van der Waals surface area contributed by atoms with Crippen LogP contribution in [0.5, 0.6) is 0 Å². The number of rotatable bonds is 3. The second-order valence-corrected chi connectivity index (χ2v) is 4.94. The third-order valence-corrected chi connectivity index (χ3v) is 3.51. The first-order valence-corrected chi connectivity index (χ1v) is 6.56. The van der Waals surface area contributed by atoms with Crippen LogP contribution in [0.25, 0.3) is 11.5 Å². The first-order chi connectivity index (χ1) is 8.83. The number of oxazole rings is 1. The molecule has 0 N–H and O–H groups in total. The van der Waals surface area contributed by atoms with Gasteiger partial charge in [0, 0.05) is 12.1 Å². The zero-order valence-electron chi connectivity index (χ0n) is 10.7. The molecule has 1 aliphatic rings. The lowest BCUT2D eigenvalue weighted by Gasteiger charge is -2.11. The van der Waals surface area contributed by atoms with E-state index in [1.807, 2.05) is 12.1 Å². The Balaban J connectivity index is 1.79. The highest BCUT2D eigenvalue weighted by Gasteiger charge is 2.15. The van der Waals surface area contributed by atoms with Crippen LogP contribution in [0.15, 0.2) is 34.9 Å². The van der Waals surface area contributed by atoms with Gasteiger partial charge in [0.25, 0.3) is 0 Å². The molecule has 0 spiro atoms. The molecule has 0 amide bonds. The van der Waals surface area contributed by atoms with Crippen molar-refractivity contribution in [2.45, 2.75) is 26.3 Å². The molecule has 18 heavy (non-hydrogen) atoms. The van der Waals surface area contributed by atoms with Gasteiger partial charge in [-0.15, -0.1) is 0 Å². The van der Waals surface area contributed by atoms with Gasteiger partial charge in [0.05, 0.1) is 5.69 Å². The molecule has 0 aliphatic carbocycles. The minimum Gasteiger partial charge on any atom is -0.444 e. The van der Waals surface area contributed by atoms with Crippen LogP contribution in [0.4, 0.5) is 0 Å². The highest BCUT2D eigenvalue weighted by Crippen LogP contribution is 2.23. The Kier molecular flexibility index (Phi) is 3.15. The number of nitrogens with zero attached hydrogens (tertiary/aromatic N) is 2. The van der Waals surface area contributed by atoms with Crippen molar-refractivity contribution in [2.24, 2.45) is 0 Å². The zero-order valence-corrected chi connectivity index (χ0v) is 10.7. The van der Waals surface area contributed by atoms with E-state index in [0.29, 0.717) is 0 Å². The van der Waals surface area contributed by atoms with E-state index in [0.717, 1.165) is 23.7 Å². The van der Waals surface area contributed by atoms with Gasteiger partial charge in [0.15, 0.2) is 0 Å². The monoisotopic (exact) mass is 242 g/mol. The molecule has 0 saturated carbocycles. The predicted molar refractivity (Wildman–Crippen MR) is 71.2 cm³/mol. The lowest BCUT2D eigenvalue weighted by Crippen LogP contribution is -2.18. The summed E-state index contributed by atoms with van der Waals surface area (Å²) in [5.41, 5.74) is 3.33. The van der Waals surface area contributed by atoms with Crippen molar-refractivity contribution < 1.29 is 4.42 Å². The van der Waals surface area contributed by atoms with Crippen LogP contribution in [0.3, 0.4) is 0 Å². The van der Waals surface area contributed by atoms with E-state index in [1.54, 1.807) is 6.26 Å². The van der Waals surface area contributed by atoms with Crippen LogP contribution in [0.2, 0.25) is 0 Å². The molecule has 94 valence electrons. The van der Waals surface area contributed by atoms with E-state index in [4.69, 9.17) is 4.42 Å². The van der Waals surface area contributed by atoms with Gasteiger partial charge < -0.3 is 4.42 Å². The van der Waals surface area contributed by atoms with E-state index in [2.05, 4.69) is 28.9 Å². The molecule has 1 aromatic carbocycles. The van der Waals surface area contributed by atoms with Crippen LogP contribution >= 0.6 is 0 Å². The predicted octanol–water partition coefficient (Wildman–Crippen LogP) is 3.25. The summed E-state index contributed by atoms with van der Waals surface area (Å²) < 4.78 is 5.60. The first kappa shape index (κ1) is 11.5. The van der Waals surface area contributed by atoms with Gasteiger partial charge in [-0.05, 0) is 44.5 Å². The van der Waals surface area contributed by atoms with E-state index in [9.17, 15) is 0 Å². The van der Waals surface area contributed by atoms with Crippen LogP contribution in [-0.4, -0.2) is 23.0 Å². The number of hydrogen-bond donors (Lipinski definition) is 0. The average Bonchev–Trinajstić information content (AvgIpc) is 3.02. The molecule has 3 nitrogen and oxygen atoms in total. The fraction of sp³-hybridized carbons (Fsp3) is 0.400. The smallest absolute Gasteiger partial charge is 0.226 e. The Morgan fingerprint density at radius 3 is 2.78 bits per heavy atom. The van der Waals surface area contributed by atoms with Gasteiger partial charge in [-0.2, -0.15) is 0 Å². The molecule has 2 aromatic rings. The highest BCUT2D eigenvalue weighted by atomic mass is 16.3. The maximum atomic E-state index is 5.60. The van der Waals surface area contributed by atoms with Crippen molar-refractivity contribution in [2.75, 3.05) is 13.1 Å². The standard InChI is InChI=1S/C15H18N2O/c1-12-6-2-3-7-14(12)15-16-13(11-18-15)10-17-8-4-5-9-17/h2-3,6-7,11H,4-5,8-10H2,1H3. The van der Waals surface area contributed by atoms with Crippen molar-refractivity contribution in [3.63, 3.8) is 0 Å². The quantitative estimate of drug-likeness (QED) is 0.827. The van der Waals surface area contributed by atoms with E-state index in [1.165, 1.54) is 31.5 Å². The number of aryl methyl sites for hydroxylation is 1. The zero-order chi connectivity index (χ0) is 12.4. The normalized spacial score (nSPS) is 16.3. The topological polar surface area (TPSA) is 29.3 Å². The lowest BCUT2D eigenvalue weighted by molar-refractivity contribution is 0.327. The van der Waals surface area contributed by atoms with Crippen LogP contribution < -0.4 is 0 Å². The number of benzene rings is 1. The van der Waals surface area contributed by atoms with Gasteiger partial charge in [-0.1, -0.05) is 18.2 Å². The Bertz CT molecular complexity index is 527. The van der Waals surface area contributed by atoms with E-state index < -0.39 is 0 Å². The number of hydrogen-bond acceptors (Lipinski definition) is 3. The Hall–Kier alpha value is -1.61. The summed E-state index contributed by atoms with van der Waals surface area (Å²) in [5, 5.41) is 0. The molecule has 1 fully saturated rings. The van der Waals surface area contributed by atoms with Crippen LogP contribution in [-0.2, 0) is 6.54 Å². The lowest BCUT2D eigenvalue weighted by atomic mass is 10.1. The van der Waals surface area contributed by atoms with Gasteiger partial charge in [-0.25, -0.2) is 4.98 Å². The van der Waals surface area contributed by atoms with Gasteiger partial charge in [-0.3, -0.25) is 4.90 Å². The third kappa shape index (κ3) is 2.31. The molecule has 0 bridgehead atoms. The molecule has 0 unspecified atom stereocenters. The molecule has 3 heteroatoms. The molecular weight excluding hydrogens is 224 g/mol. The molecule has 1 saturated heterocycles. The number of aromatic nitrogens is 1. The molecule has 2 heterocycles. The maximum absolute atomic E-state index is 5.60. The highest BCUT2D eigenvalue weighted by molar-refractivity contribution is 5.58. The Labute approximate surface area is 107 Å². The summed E-state index contributed by atoms with van der Waals surface area (Å²) in [6, 6.07) is 8.19. The molecule has 1 aliphatic heterocycles. The first-order valence-electron chi connectivity index (χ1n) is 6.56. The largest absolute Gasteiger partial charge is 0.444 e. The van der Waals surface area contributed by atoms with E-state index in [-0.39, 0.29) is 0 Å². The van der Waals surface area contributed by atoms with Gasteiger partial charge in [0.2, 0.25) is 5.89 Å². The summed E-state index contributed by atoms with van der Waals surface area (Å²) in [7, 11) is 0. The average molecular weight is 242 g/mol. The summed E-state index contributed by atoms with van der Waals surface area (Å²) in [6.45, 7) is 5.37. The Morgan fingerprint density at radius 1 is 1.22 bits per heavy atom. The van der Waals surface area contributed by atoms with Crippen molar-refractivity contribution >= 4 is 0 Å². The molecule has 3 rings (SSSR count). The van der Waals surface area contributed by atoms with Gasteiger partial charge in [0.1, 0.15) is 6.26 Å². The second-order valence-electron chi connectivity index (χ2n) is 4.94. The summed E-state index contributed by atoms with van der Waals surface area (Å²) in [5.74, 6) is 0.738. The molecule has 0 radical (unpaired) electrons. The third-order valence-electron chi connectivity index (χ3n) is 3.51. The molecular formula is C15H18N2O.